The van der Waals surface area contributed by atoms with Gasteiger partial charge >= 0.3 is 11.9 Å². The Morgan fingerprint density at radius 1 is 1.06 bits per heavy atom. The maximum absolute atomic E-state index is 13.1. The third-order valence-corrected chi connectivity index (χ3v) is 8.21. The van der Waals surface area contributed by atoms with Crippen molar-refractivity contribution in [3.63, 3.8) is 0 Å². The summed E-state index contributed by atoms with van der Waals surface area (Å²) in [6.07, 6.45) is 0.735. The van der Waals surface area contributed by atoms with Crippen LogP contribution in [-0.4, -0.2) is 51.7 Å². The zero-order valence-corrected chi connectivity index (χ0v) is 29.4. The van der Waals surface area contributed by atoms with Crippen molar-refractivity contribution in [3.8, 4) is 28.3 Å². The van der Waals surface area contributed by atoms with E-state index in [0.29, 0.717) is 70.7 Å². The number of hydrogen-bond donors (Lipinski definition) is 0. The molecule has 2 amide bonds. The van der Waals surface area contributed by atoms with Crippen LogP contribution in [0.4, 0.5) is 10.5 Å². The van der Waals surface area contributed by atoms with Crippen LogP contribution in [0.1, 0.15) is 64.9 Å². The molecule has 1 aliphatic rings. The van der Waals surface area contributed by atoms with Gasteiger partial charge in [-0.15, -0.1) is 0 Å². The van der Waals surface area contributed by atoms with Crippen molar-refractivity contribution in [2.75, 3.05) is 18.0 Å². The molecule has 2 aromatic carbocycles. The Morgan fingerprint density at radius 2 is 1.77 bits per heavy atom. The van der Waals surface area contributed by atoms with Gasteiger partial charge in [0.05, 0.1) is 17.1 Å². The average Bonchev–Trinajstić information content (AvgIpc) is 3.66. The minimum atomic E-state index is -1.38. The van der Waals surface area contributed by atoms with Crippen LogP contribution >= 0.6 is 34.8 Å². The van der Waals surface area contributed by atoms with E-state index in [2.05, 4.69) is 5.16 Å². The Balaban J connectivity index is 1.37. The van der Waals surface area contributed by atoms with Gasteiger partial charge in [0.25, 0.3) is 5.91 Å². The Labute approximate surface area is 292 Å². The second kappa shape index (κ2) is 14.7. The summed E-state index contributed by atoms with van der Waals surface area (Å²) < 4.78 is 28.1. The van der Waals surface area contributed by atoms with Crippen molar-refractivity contribution >= 4 is 52.5 Å². The molecule has 0 radical (unpaired) electrons. The van der Waals surface area contributed by atoms with Crippen LogP contribution in [0, 0.1) is 0 Å². The Hall–Kier alpha value is -3.93. The highest BCUT2D eigenvalue weighted by Crippen LogP contribution is 2.39. The normalized spacial score (nSPS) is 14.1. The Bertz CT molecular complexity index is 1820. The fraction of sp³-hybridized carbons (Fsp3) is 0.412. The molecule has 5 rings (SSSR count). The number of amides is 2. The first-order valence-electron chi connectivity index (χ1n) is 15.4. The largest absolute Gasteiger partial charge is 0.519 e. The lowest BCUT2D eigenvalue weighted by Gasteiger charge is -2.33. The molecule has 1 fully saturated rings. The highest BCUT2D eigenvalue weighted by Gasteiger charge is 2.30. The SMILES string of the molecule is CC(C)c1oc(=O)oc1CN(C(=O)C(Cl)Cl)c1cccc(-c2cc(-c3c(Cl)cccc3OC3CCN(C(=O)OC(C)(C)C)CC3)no2)c1. The third kappa shape index (κ3) is 8.37. The van der Waals surface area contributed by atoms with E-state index in [1.807, 2.05) is 40.7 Å². The zero-order valence-electron chi connectivity index (χ0n) is 27.1. The lowest BCUT2D eigenvalue weighted by atomic mass is 10.1. The van der Waals surface area contributed by atoms with E-state index in [1.54, 1.807) is 47.4 Å². The molecule has 48 heavy (non-hydrogen) atoms. The maximum Gasteiger partial charge on any atom is 0.519 e. The summed E-state index contributed by atoms with van der Waals surface area (Å²) in [6.45, 7) is 10.0. The second-order valence-electron chi connectivity index (χ2n) is 12.6. The van der Waals surface area contributed by atoms with E-state index in [4.69, 9.17) is 57.6 Å². The van der Waals surface area contributed by atoms with Crippen LogP contribution in [0.15, 0.2) is 66.7 Å². The summed E-state index contributed by atoms with van der Waals surface area (Å²) in [5.41, 5.74) is 1.44. The van der Waals surface area contributed by atoms with Gasteiger partial charge in [-0.3, -0.25) is 4.79 Å². The molecule has 1 aliphatic heterocycles. The molecule has 4 aromatic rings. The van der Waals surface area contributed by atoms with Crippen LogP contribution in [0.3, 0.4) is 0 Å². The minimum absolute atomic E-state index is 0.143. The maximum atomic E-state index is 13.1. The highest BCUT2D eigenvalue weighted by molar-refractivity contribution is 6.54. The summed E-state index contributed by atoms with van der Waals surface area (Å²) in [5, 5.41) is 4.71. The number of aromatic nitrogens is 1. The van der Waals surface area contributed by atoms with Gasteiger partial charge in [-0.05, 0) is 45.0 Å². The van der Waals surface area contributed by atoms with Gasteiger partial charge in [-0.25, -0.2) is 9.59 Å². The van der Waals surface area contributed by atoms with E-state index >= 15 is 0 Å². The van der Waals surface area contributed by atoms with Crippen molar-refractivity contribution < 1.29 is 32.4 Å². The number of benzene rings is 2. The summed E-state index contributed by atoms with van der Waals surface area (Å²) >= 11 is 18.7. The number of carbonyl (C=O) groups is 2. The predicted octanol–water partition coefficient (Wildman–Crippen LogP) is 8.45. The first kappa shape index (κ1) is 35.4. The smallest absolute Gasteiger partial charge is 0.490 e. The predicted molar refractivity (Wildman–Crippen MR) is 182 cm³/mol. The lowest BCUT2D eigenvalue weighted by molar-refractivity contribution is -0.117. The molecule has 1 saturated heterocycles. The van der Waals surface area contributed by atoms with Crippen LogP contribution < -0.4 is 15.5 Å². The molecule has 0 bridgehead atoms. The fourth-order valence-corrected chi connectivity index (χ4v) is 5.79. The van der Waals surface area contributed by atoms with E-state index in [-0.39, 0.29) is 30.4 Å². The van der Waals surface area contributed by atoms with Gasteiger partial charge in [-0.1, -0.05) is 72.0 Å². The topological polar surface area (TPSA) is 128 Å². The molecule has 0 N–H and O–H groups in total. The number of anilines is 1. The quantitative estimate of drug-likeness (QED) is 0.156. The van der Waals surface area contributed by atoms with Crippen molar-refractivity contribution in [2.24, 2.45) is 0 Å². The first-order chi connectivity index (χ1) is 22.7. The molecule has 0 spiro atoms. The molecular weight excluding hydrogens is 685 g/mol. The summed E-state index contributed by atoms with van der Waals surface area (Å²) in [7, 11) is 0. The minimum Gasteiger partial charge on any atom is -0.490 e. The number of rotatable bonds is 9. The van der Waals surface area contributed by atoms with Gasteiger partial charge < -0.3 is 32.6 Å². The second-order valence-corrected chi connectivity index (χ2v) is 14.1. The monoisotopic (exact) mass is 719 g/mol. The number of likely N-dealkylation sites (tertiary alicyclic amines) is 1. The third-order valence-electron chi connectivity index (χ3n) is 7.52. The molecule has 2 aromatic heterocycles. The fourth-order valence-electron chi connectivity index (χ4n) is 5.30. The Morgan fingerprint density at radius 3 is 2.44 bits per heavy atom. The van der Waals surface area contributed by atoms with E-state index in [9.17, 15) is 14.4 Å². The van der Waals surface area contributed by atoms with Crippen LogP contribution in [0.5, 0.6) is 5.75 Å². The van der Waals surface area contributed by atoms with Gasteiger partial charge in [0.15, 0.2) is 22.1 Å². The lowest BCUT2D eigenvalue weighted by Crippen LogP contribution is -2.44. The molecule has 0 atom stereocenters. The van der Waals surface area contributed by atoms with Crippen LogP contribution in [0.25, 0.3) is 22.6 Å². The van der Waals surface area contributed by atoms with E-state index < -0.39 is 22.2 Å². The number of carbonyl (C=O) groups excluding carboxylic acids is 2. The summed E-state index contributed by atoms with van der Waals surface area (Å²) in [5.74, 6) is -0.238. The van der Waals surface area contributed by atoms with E-state index in [1.165, 1.54) is 4.90 Å². The standard InChI is InChI=1S/C34H36Cl3N3O8/c1-19(2)29-27(45-33(43)46-29)18-40(31(41)30(36)37)21-9-6-8-20(16-21)26-17-24(38-48-26)28-23(35)10-7-11-25(28)44-22-12-14-39(15-13-22)32(42)47-34(3,4)5/h6-11,16-17,19,22,30H,12-15,18H2,1-5H3. The van der Waals surface area contributed by atoms with E-state index in [0.717, 1.165) is 0 Å². The van der Waals surface area contributed by atoms with Gasteiger partial charge in [0.2, 0.25) is 0 Å². The van der Waals surface area contributed by atoms with Crippen molar-refractivity contribution in [1.82, 2.24) is 10.1 Å². The number of nitrogens with zero attached hydrogens (tertiary/aromatic N) is 3. The van der Waals surface area contributed by atoms with Crippen molar-refractivity contribution in [1.29, 1.82) is 0 Å². The molecule has 256 valence electrons. The molecule has 11 nitrogen and oxygen atoms in total. The van der Waals surface area contributed by atoms with Crippen LogP contribution in [-0.2, 0) is 16.1 Å². The highest BCUT2D eigenvalue weighted by atomic mass is 35.5. The first-order valence-corrected chi connectivity index (χ1v) is 16.7. The molecular formula is C34H36Cl3N3O8. The molecule has 14 heteroatoms. The van der Waals surface area contributed by atoms with Gasteiger partial charge in [-0.2, -0.15) is 0 Å². The average molecular weight is 721 g/mol. The summed E-state index contributed by atoms with van der Waals surface area (Å²) in [6, 6.07) is 14.0. The zero-order chi connectivity index (χ0) is 34.7. The van der Waals surface area contributed by atoms with Crippen molar-refractivity contribution in [2.45, 2.75) is 76.5 Å². The molecule has 0 saturated carbocycles. The number of hydrogen-bond acceptors (Lipinski definition) is 9. The summed E-state index contributed by atoms with van der Waals surface area (Å²) in [4.78, 5) is 39.1. The molecule has 0 unspecified atom stereocenters. The van der Waals surface area contributed by atoms with Gasteiger partial charge in [0, 0.05) is 49.2 Å². The van der Waals surface area contributed by atoms with Gasteiger partial charge in [0.1, 0.15) is 23.1 Å². The number of alkyl halides is 2. The Kier molecular flexibility index (Phi) is 10.8. The number of halogens is 3. The van der Waals surface area contributed by atoms with Crippen molar-refractivity contribution in [3.05, 3.63) is 75.7 Å². The van der Waals surface area contributed by atoms with Crippen LogP contribution in [0.2, 0.25) is 5.02 Å². The molecule has 3 heterocycles. The number of piperidine rings is 1. The number of ether oxygens (including phenoxy) is 2. The molecule has 0 aliphatic carbocycles.